The van der Waals surface area contributed by atoms with Gasteiger partial charge >= 0.3 is 0 Å². The van der Waals surface area contributed by atoms with Crippen LogP contribution in [0.3, 0.4) is 0 Å². The molecule has 0 aliphatic carbocycles. The predicted molar refractivity (Wildman–Crippen MR) is 122 cm³/mol. The van der Waals surface area contributed by atoms with Crippen molar-refractivity contribution in [3.05, 3.63) is 45.2 Å². The van der Waals surface area contributed by atoms with E-state index in [0.717, 1.165) is 52.9 Å². The Labute approximate surface area is 186 Å². The van der Waals surface area contributed by atoms with Crippen molar-refractivity contribution >= 4 is 33.6 Å². The third kappa shape index (κ3) is 4.75. The Morgan fingerprint density at radius 3 is 2.80 bits per heavy atom. The van der Waals surface area contributed by atoms with Crippen molar-refractivity contribution in [2.24, 2.45) is 0 Å². The molecule has 3 N–H and O–H groups in total. The van der Waals surface area contributed by atoms with Gasteiger partial charge in [-0.15, -0.1) is 0 Å². The molecule has 1 aromatic rings. The number of halogens is 1. The molecule has 162 valence electrons. The smallest absolute Gasteiger partial charge is 0.249 e. The van der Waals surface area contributed by atoms with E-state index in [9.17, 15) is 9.59 Å². The van der Waals surface area contributed by atoms with Crippen LogP contribution in [0.4, 0.5) is 5.82 Å². The van der Waals surface area contributed by atoms with Gasteiger partial charge in [0, 0.05) is 34.0 Å². The normalized spacial score (nSPS) is 21.8. The lowest BCUT2D eigenvalue weighted by molar-refractivity contribution is -0.118. The van der Waals surface area contributed by atoms with Gasteiger partial charge in [-0.05, 0) is 73.5 Å². The topological polar surface area (TPSA) is 86.4 Å². The summed E-state index contributed by atoms with van der Waals surface area (Å²) in [5, 5.41) is 9.23. The zero-order valence-corrected chi connectivity index (χ0v) is 19.6. The summed E-state index contributed by atoms with van der Waals surface area (Å²) < 4.78 is 0.825. The standard InChI is InChI=1S/C22H30BrN5O2/c1-5-28(6-2)9-7-8-24-22(30)19-13(3)18(26-14(19)4)11-17-16-10-15(23)12-25-20(16)27-21(17)29/h10-12,14,17,26H,5-9H2,1-4H3,(H,24,30)(H,25,27,29)/b18-11-. The number of allylic oxidation sites excluding steroid dienone is 1. The molecule has 3 heterocycles. The average Bonchev–Trinajstić information content (AvgIpc) is 3.17. The van der Waals surface area contributed by atoms with E-state index in [0.29, 0.717) is 12.4 Å². The molecule has 0 saturated heterocycles. The second kappa shape index (κ2) is 9.75. The van der Waals surface area contributed by atoms with Gasteiger partial charge in [0.25, 0.3) is 0 Å². The van der Waals surface area contributed by atoms with Crippen LogP contribution in [0.5, 0.6) is 0 Å². The number of rotatable bonds is 8. The minimum atomic E-state index is -0.439. The highest BCUT2D eigenvalue weighted by Crippen LogP contribution is 2.36. The summed E-state index contributed by atoms with van der Waals surface area (Å²) in [6.07, 6.45) is 4.48. The molecule has 0 spiro atoms. The van der Waals surface area contributed by atoms with E-state index in [2.05, 4.69) is 55.6 Å². The molecule has 0 fully saturated rings. The Hall–Kier alpha value is -2.19. The number of hydrogen-bond donors (Lipinski definition) is 3. The summed E-state index contributed by atoms with van der Waals surface area (Å²) in [7, 11) is 0. The van der Waals surface area contributed by atoms with Crippen LogP contribution in [-0.4, -0.2) is 53.9 Å². The summed E-state index contributed by atoms with van der Waals surface area (Å²) in [6, 6.07) is 1.80. The maximum Gasteiger partial charge on any atom is 0.249 e. The fourth-order valence-corrected chi connectivity index (χ4v) is 4.38. The molecule has 2 aliphatic heterocycles. The molecule has 0 bridgehead atoms. The molecule has 2 amide bonds. The van der Waals surface area contributed by atoms with Crippen molar-refractivity contribution < 1.29 is 9.59 Å². The quantitative estimate of drug-likeness (QED) is 0.503. The second-order valence-electron chi connectivity index (χ2n) is 7.68. The molecular formula is C22H30BrN5O2. The molecule has 2 atom stereocenters. The molecule has 8 heteroatoms. The molecule has 2 aliphatic rings. The van der Waals surface area contributed by atoms with Gasteiger partial charge in [0.15, 0.2) is 0 Å². The maximum absolute atomic E-state index is 12.8. The number of aromatic nitrogens is 1. The second-order valence-corrected chi connectivity index (χ2v) is 8.60. The molecule has 2 unspecified atom stereocenters. The Morgan fingerprint density at radius 2 is 2.10 bits per heavy atom. The Kier molecular flexibility index (Phi) is 7.31. The molecular weight excluding hydrogens is 446 g/mol. The lowest BCUT2D eigenvalue weighted by atomic mass is 9.99. The fraction of sp³-hybridized carbons (Fsp3) is 0.500. The van der Waals surface area contributed by atoms with Crippen molar-refractivity contribution in [2.45, 2.75) is 46.1 Å². The lowest BCUT2D eigenvalue weighted by Crippen LogP contribution is -2.34. The zero-order valence-electron chi connectivity index (χ0n) is 18.0. The number of anilines is 1. The molecule has 0 radical (unpaired) electrons. The first-order valence-corrected chi connectivity index (χ1v) is 11.3. The summed E-state index contributed by atoms with van der Waals surface area (Å²) in [5.74, 6) is -0.00850. The third-order valence-corrected chi connectivity index (χ3v) is 6.20. The highest BCUT2D eigenvalue weighted by molar-refractivity contribution is 9.10. The van der Waals surface area contributed by atoms with Gasteiger partial charge in [0.2, 0.25) is 11.8 Å². The first-order chi connectivity index (χ1) is 14.3. The number of carbonyl (C=O) groups is 2. The molecule has 7 nitrogen and oxygen atoms in total. The number of pyridine rings is 1. The summed E-state index contributed by atoms with van der Waals surface area (Å²) >= 11 is 3.42. The van der Waals surface area contributed by atoms with Crippen molar-refractivity contribution in [1.29, 1.82) is 0 Å². The molecule has 3 rings (SSSR count). The number of fused-ring (bicyclic) bond motifs is 1. The van der Waals surface area contributed by atoms with Crippen molar-refractivity contribution in [3.63, 3.8) is 0 Å². The van der Waals surface area contributed by atoms with Crippen LogP contribution >= 0.6 is 15.9 Å². The summed E-state index contributed by atoms with van der Waals surface area (Å²) in [6.45, 7) is 11.9. The van der Waals surface area contributed by atoms with E-state index in [1.807, 2.05) is 26.0 Å². The average molecular weight is 476 g/mol. The van der Waals surface area contributed by atoms with Gasteiger partial charge in [0.05, 0.1) is 12.0 Å². The lowest BCUT2D eigenvalue weighted by Gasteiger charge is -2.18. The van der Waals surface area contributed by atoms with E-state index in [-0.39, 0.29) is 17.9 Å². The van der Waals surface area contributed by atoms with Gasteiger partial charge in [-0.1, -0.05) is 13.8 Å². The fourth-order valence-electron chi connectivity index (χ4n) is 4.03. The van der Waals surface area contributed by atoms with Gasteiger partial charge < -0.3 is 20.9 Å². The SMILES string of the molecule is CCN(CC)CCCNC(=O)C1=C(C)/C(=C/C2C(=O)Nc3ncc(Br)cc32)NC1C. The predicted octanol–water partition coefficient (Wildman–Crippen LogP) is 2.92. The van der Waals surface area contributed by atoms with E-state index in [4.69, 9.17) is 0 Å². The first-order valence-electron chi connectivity index (χ1n) is 10.5. The van der Waals surface area contributed by atoms with Crippen LogP contribution in [0.15, 0.2) is 39.7 Å². The maximum atomic E-state index is 12.8. The first kappa shape index (κ1) is 22.5. The highest BCUT2D eigenvalue weighted by Gasteiger charge is 2.33. The van der Waals surface area contributed by atoms with E-state index in [1.54, 1.807) is 6.20 Å². The van der Waals surface area contributed by atoms with Gasteiger partial charge in [0.1, 0.15) is 5.82 Å². The number of carbonyl (C=O) groups excluding carboxylic acids is 2. The number of hydrogen-bond acceptors (Lipinski definition) is 5. The van der Waals surface area contributed by atoms with Crippen LogP contribution in [0.1, 0.15) is 45.6 Å². The summed E-state index contributed by atoms with van der Waals surface area (Å²) in [4.78, 5) is 31.9. The van der Waals surface area contributed by atoms with E-state index in [1.165, 1.54) is 0 Å². The van der Waals surface area contributed by atoms with Crippen molar-refractivity contribution in [3.8, 4) is 0 Å². The number of nitrogens with one attached hydrogen (secondary N) is 3. The van der Waals surface area contributed by atoms with E-state index >= 15 is 0 Å². The van der Waals surface area contributed by atoms with Crippen LogP contribution in [0, 0.1) is 0 Å². The molecule has 0 saturated carbocycles. The van der Waals surface area contributed by atoms with Crippen LogP contribution in [0.2, 0.25) is 0 Å². The van der Waals surface area contributed by atoms with E-state index < -0.39 is 5.92 Å². The number of amides is 2. The number of nitrogens with zero attached hydrogens (tertiary/aromatic N) is 2. The minimum Gasteiger partial charge on any atom is -0.378 e. The Balaban J connectivity index is 1.71. The van der Waals surface area contributed by atoms with Crippen LogP contribution < -0.4 is 16.0 Å². The van der Waals surface area contributed by atoms with Gasteiger partial charge in [-0.3, -0.25) is 9.59 Å². The Bertz CT molecular complexity index is 892. The molecule has 0 aromatic carbocycles. The monoisotopic (exact) mass is 475 g/mol. The van der Waals surface area contributed by atoms with Gasteiger partial charge in [-0.2, -0.15) is 0 Å². The zero-order chi connectivity index (χ0) is 21.8. The molecule has 1 aromatic heterocycles. The Morgan fingerprint density at radius 1 is 1.37 bits per heavy atom. The van der Waals surface area contributed by atoms with Crippen LogP contribution in [0.25, 0.3) is 0 Å². The largest absolute Gasteiger partial charge is 0.378 e. The van der Waals surface area contributed by atoms with Crippen molar-refractivity contribution in [1.82, 2.24) is 20.5 Å². The highest BCUT2D eigenvalue weighted by atomic mass is 79.9. The molecule has 30 heavy (non-hydrogen) atoms. The van der Waals surface area contributed by atoms with Crippen LogP contribution in [-0.2, 0) is 9.59 Å². The van der Waals surface area contributed by atoms with Crippen molar-refractivity contribution in [2.75, 3.05) is 31.5 Å². The summed E-state index contributed by atoms with van der Waals surface area (Å²) in [5.41, 5.74) is 3.27. The third-order valence-electron chi connectivity index (χ3n) is 5.77. The van der Waals surface area contributed by atoms with Gasteiger partial charge in [-0.25, -0.2) is 4.98 Å². The minimum absolute atomic E-state index is 0.0452.